The average Bonchev–Trinajstić information content (AvgIpc) is 3.20. The summed E-state index contributed by atoms with van der Waals surface area (Å²) >= 11 is 5.67. The minimum atomic E-state index is -4.34. The minimum absolute atomic E-state index is 0.411. The molecule has 0 saturated carbocycles. The highest BCUT2D eigenvalue weighted by Crippen LogP contribution is 2.29. The number of hydrogen-bond acceptors (Lipinski definition) is 3. The number of ether oxygens (including phenoxy) is 1. The quantitative estimate of drug-likeness (QED) is 0.261. The predicted molar refractivity (Wildman–Crippen MR) is 116 cm³/mol. The van der Waals surface area contributed by atoms with Crippen LogP contribution < -0.4 is 4.74 Å². The third kappa shape index (κ3) is 6.89. The van der Waals surface area contributed by atoms with E-state index in [2.05, 4.69) is 11.1 Å². The Kier molecular flexibility index (Phi) is 7.80. The third-order valence-corrected chi connectivity index (χ3v) is 4.94. The molecule has 0 saturated heterocycles. The van der Waals surface area contributed by atoms with Gasteiger partial charge in [0, 0.05) is 12.0 Å². The summed E-state index contributed by atoms with van der Waals surface area (Å²) in [6.45, 7) is 2.62. The molecule has 0 fully saturated rings. The molecule has 0 aliphatic rings. The van der Waals surface area contributed by atoms with Gasteiger partial charge < -0.3 is 9.15 Å². The molecule has 0 N–H and O–H groups in total. The van der Waals surface area contributed by atoms with Gasteiger partial charge in [0.25, 0.3) is 0 Å². The SMILES string of the molecule is Cc1cc(CCc2coc(/C=C/c3ccc(C(F)(F)F)cc3)n2)ccc1OCCCCl. The van der Waals surface area contributed by atoms with Crippen molar-refractivity contribution in [3.8, 4) is 5.75 Å². The monoisotopic (exact) mass is 449 g/mol. The van der Waals surface area contributed by atoms with Crippen LogP contribution >= 0.6 is 11.6 Å². The molecule has 164 valence electrons. The van der Waals surface area contributed by atoms with Gasteiger partial charge in [0.2, 0.25) is 5.89 Å². The van der Waals surface area contributed by atoms with Crippen molar-refractivity contribution in [3.05, 3.63) is 82.6 Å². The lowest BCUT2D eigenvalue weighted by molar-refractivity contribution is -0.137. The molecule has 3 aromatic rings. The van der Waals surface area contributed by atoms with Gasteiger partial charge in [0.15, 0.2) is 0 Å². The van der Waals surface area contributed by atoms with Gasteiger partial charge >= 0.3 is 6.18 Å². The number of nitrogens with zero attached hydrogens (tertiary/aromatic N) is 1. The Balaban J connectivity index is 1.54. The Morgan fingerprint density at radius 3 is 2.52 bits per heavy atom. The normalized spacial score (nSPS) is 11.9. The first-order valence-corrected chi connectivity index (χ1v) is 10.5. The summed E-state index contributed by atoms with van der Waals surface area (Å²) in [4.78, 5) is 4.42. The Morgan fingerprint density at radius 2 is 1.84 bits per heavy atom. The zero-order valence-electron chi connectivity index (χ0n) is 17.1. The van der Waals surface area contributed by atoms with Gasteiger partial charge in [-0.3, -0.25) is 0 Å². The van der Waals surface area contributed by atoms with Crippen molar-refractivity contribution < 1.29 is 22.3 Å². The van der Waals surface area contributed by atoms with Crippen LogP contribution in [0.2, 0.25) is 0 Å². The van der Waals surface area contributed by atoms with Crippen LogP contribution in [0.5, 0.6) is 5.75 Å². The number of oxazole rings is 1. The number of aromatic nitrogens is 1. The molecule has 0 amide bonds. The number of benzene rings is 2. The summed E-state index contributed by atoms with van der Waals surface area (Å²) in [5, 5.41) is 0. The summed E-state index contributed by atoms with van der Waals surface area (Å²) in [5.41, 5.74) is 3.02. The van der Waals surface area contributed by atoms with Crippen molar-refractivity contribution in [2.45, 2.75) is 32.4 Å². The van der Waals surface area contributed by atoms with Gasteiger partial charge in [-0.05, 0) is 67.2 Å². The van der Waals surface area contributed by atoms with Gasteiger partial charge in [-0.15, -0.1) is 11.6 Å². The smallest absolute Gasteiger partial charge is 0.416 e. The van der Waals surface area contributed by atoms with Gasteiger partial charge in [-0.25, -0.2) is 4.98 Å². The molecule has 0 atom stereocenters. The van der Waals surface area contributed by atoms with E-state index in [1.54, 1.807) is 18.4 Å². The largest absolute Gasteiger partial charge is 0.493 e. The maximum absolute atomic E-state index is 12.6. The number of hydrogen-bond donors (Lipinski definition) is 0. The third-order valence-electron chi connectivity index (χ3n) is 4.67. The highest BCUT2D eigenvalue weighted by molar-refractivity contribution is 6.17. The van der Waals surface area contributed by atoms with Crippen LogP contribution in [0.25, 0.3) is 12.2 Å². The van der Waals surface area contributed by atoms with Crippen molar-refractivity contribution in [1.29, 1.82) is 0 Å². The summed E-state index contributed by atoms with van der Waals surface area (Å²) in [7, 11) is 0. The topological polar surface area (TPSA) is 35.3 Å². The second-order valence-electron chi connectivity index (χ2n) is 7.12. The highest BCUT2D eigenvalue weighted by atomic mass is 35.5. The lowest BCUT2D eigenvalue weighted by Gasteiger charge is -2.10. The van der Waals surface area contributed by atoms with E-state index in [-0.39, 0.29) is 0 Å². The zero-order chi connectivity index (χ0) is 22.3. The molecule has 7 heteroatoms. The molecule has 0 radical (unpaired) electrons. The van der Waals surface area contributed by atoms with Crippen molar-refractivity contribution in [2.75, 3.05) is 12.5 Å². The second-order valence-corrected chi connectivity index (χ2v) is 7.50. The molecular formula is C24H23ClF3NO2. The van der Waals surface area contributed by atoms with E-state index in [9.17, 15) is 13.2 Å². The number of halogens is 4. The second kappa shape index (κ2) is 10.5. The van der Waals surface area contributed by atoms with Crippen molar-refractivity contribution in [1.82, 2.24) is 4.98 Å². The maximum atomic E-state index is 12.6. The molecule has 0 bridgehead atoms. The van der Waals surface area contributed by atoms with Crippen LogP contribution in [0.15, 0.2) is 53.1 Å². The van der Waals surface area contributed by atoms with Crippen LogP contribution in [-0.2, 0) is 19.0 Å². The number of alkyl halides is 4. The first-order valence-electron chi connectivity index (χ1n) is 9.93. The molecule has 3 rings (SSSR count). The molecule has 0 aliphatic heterocycles. The van der Waals surface area contributed by atoms with Crippen molar-refractivity contribution >= 4 is 23.8 Å². The van der Waals surface area contributed by atoms with Gasteiger partial charge in [-0.1, -0.05) is 24.3 Å². The maximum Gasteiger partial charge on any atom is 0.416 e. The fourth-order valence-electron chi connectivity index (χ4n) is 3.00. The van der Waals surface area contributed by atoms with Crippen molar-refractivity contribution in [3.63, 3.8) is 0 Å². The van der Waals surface area contributed by atoms with Crippen LogP contribution in [0.4, 0.5) is 13.2 Å². The van der Waals surface area contributed by atoms with Gasteiger partial charge in [0.05, 0.1) is 17.9 Å². The van der Waals surface area contributed by atoms with E-state index >= 15 is 0 Å². The van der Waals surface area contributed by atoms with Crippen LogP contribution in [0, 0.1) is 6.92 Å². The lowest BCUT2D eigenvalue weighted by Crippen LogP contribution is -2.03. The van der Waals surface area contributed by atoms with E-state index in [0.29, 0.717) is 30.4 Å². The first-order chi connectivity index (χ1) is 14.8. The van der Waals surface area contributed by atoms with E-state index in [4.69, 9.17) is 20.8 Å². The van der Waals surface area contributed by atoms with Crippen LogP contribution in [0.3, 0.4) is 0 Å². The Morgan fingerprint density at radius 1 is 1.06 bits per heavy atom. The van der Waals surface area contributed by atoms with E-state index in [1.165, 1.54) is 17.7 Å². The summed E-state index contributed by atoms with van der Waals surface area (Å²) in [5.74, 6) is 1.86. The summed E-state index contributed by atoms with van der Waals surface area (Å²) in [6, 6.07) is 11.0. The predicted octanol–water partition coefficient (Wildman–Crippen LogP) is 6.97. The Hall–Kier alpha value is -2.73. The molecule has 0 aliphatic carbocycles. The molecule has 3 nitrogen and oxygen atoms in total. The van der Waals surface area contributed by atoms with E-state index < -0.39 is 11.7 Å². The first kappa shape index (κ1) is 22.9. The molecule has 2 aromatic carbocycles. The highest BCUT2D eigenvalue weighted by Gasteiger charge is 2.29. The fraction of sp³-hybridized carbons (Fsp3) is 0.292. The Labute approximate surface area is 184 Å². The van der Waals surface area contributed by atoms with Crippen LogP contribution in [-0.4, -0.2) is 17.5 Å². The molecule has 1 heterocycles. The van der Waals surface area contributed by atoms with E-state index in [0.717, 1.165) is 42.0 Å². The number of aryl methyl sites for hydroxylation is 3. The zero-order valence-corrected chi connectivity index (χ0v) is 17.8. The lowest BCUT2D eigenvalue weighted by atomic mass is 10.1. The van der Waals surface area contributed by atoms with Gasteiger partial charge in [0.1, 0.15) is 12.0 Å². The standard InChI is InChI=1S/C24H23ClF3NO2/c1-17-15-19(6-11-22(17)30-14-2-13-25)5-10-21-16-31-23(29-21)12-7-18-3-8-20(9-4-18)24(26,27)28/h3-4,6-9,11-12,15-16H,2,5,10,13-14H2,1H3/b12-7+. The molecule has 0 unspecified atom stereocenters. The average molecular weight is 450 g/mol. The number of rotatable bonds is 9. The Bertz CT molecular complexity index is 1010. The van der Waals surface area contributed by atoms with Crippen LogP contribution in [0.1, 0.15) is 40.3 Å². The summed E-state index contributed by atoms with van der Waals surface area (Å²) in [6.07, 6.45) is 2.90. The molecular weight excluding hydrogens is 427 g/mol. The van der Waals surface area contributed by atoms with E-state index in [1.807, 2.05) is 19.1 Å². The molecule has 31 heavy (non-hydrogen) atoms. The summed E-state index contributed by atoms with van der Waals surface area (Å²) < 4.78 is 49.0. The molecule has 0 spiro atoms. The van der Waals surface area contributed by atoms with Crippen molar-refractivity contribution in [2.24, 2.45) is 0 Å². The fourth-order valence-corrected chi connectivity index (χ4v) is 3.11. The van der Waals surface area contributed by atoms with Gasteiger partial charge in [-0.2, -0.15) is 13.2 Å². The molecule has 1 aromatic heterocycles. The minimum Gasteiger partial charge on any atom is -0.493 e.